The van der Waals surface area contributed by atoms with E-state index in [2.05, 4.69) is 39.9 Å². The van der Waals surface area contributed by atoms with Crippen LogP contribution >= 0.6 is 15.9 Å². The molecule has 0 aliphatic carbocycles. The first-order chi connectivity index (χ1) is 9.58. The molecule has 0 aromatic carbocycles. The summed E-state index contributed by atoms with van der Waals surface area (Å²) in [5.74, 6) is 0. The van der Waals surface area contributed by atoms with Gasteiger partial charge in [0.05, 0.1) is 22.0 Å². The van der Waals surface area contributed by atoms with Crippen molar-refractivity contribution < 1.29 is 5.11 Å². The monoisotopic (exact) mass is 337 g/mol. The molecule has 0 bridgehead atoms. The Hall–Kier alpha value is -1.20. The molecule has 0 fully saturated rings. The van der Waals surface area contributed by atoms with E-state index in [-0.39, 0.29) is 0 Å². The van der Waals surface area contributed by atoms with Gasteiger partial charge in [-0.1, -0.05) is 13.8 Å². The minimum Gasteiger partial charge on any atom is -0.388 e. The number of aromatic nitrogens is 3. The summed E-state index contributed by atoms with van der Waals surface area (Å²) in [6.45, 7) is 4.15. The number of hydrogen-bond acceptors (Lipinski definition) is 3. The van der Waals surface area contributed by atoms with Crippen LogP contribution in [0.15, 0.2) is 22.9 Å². The standard InChI is InChI=1S/C15H20BrN3O/c1-4-10-9-17-7-6-11(10)14(20)8-13-15(16)12(5-2)18-19(13)3/h6-7,9,14,20H,4-5,8H2,1-3H3. The van der Waals surface area contributed by atoms with Crippen molar-refractivity contribution in [2.24, 2.45) is 7.05 Å². The van der Waals surface area contributed by atoms with E-state index in [4.69, 9.17) is 0 Å². The van der Waals surface area contributed by atoms with Gasteiger partial charge in [0.1, 0.15) is 0 Å². The highest BCUT2D eigenvalue weighted by Crippen LogP contribution is 2.27. The molecule has 2 rings (SSSR count). The van der Waals surface area contributed by atoms with Crippen LogP contribution in [-0.4, -0.2) is 19.9 Å². The van der Waals surface area contributed by atoms with E-state index in [1.165, 1.54) is 0 Å². The minimum absolute atomic E-state index is 0.538. The number of hydrogen-bond donors (Lipinski definition) is 1. The van der Waals surface area contributed by atoms with E-state index in [9.17, 15) is 5.11 Å². The van der Waals surface area contributed by atoms with Gasteiger partial charge in [-0.25, -0.2) is 0 Å². The van der Waals surface area contributed by atoms with Gasteiger partial charge in [0.15, 0.2) is 0 Å². The molecule has 2 aromatic rings. The van der Waals surface area contributed by atoms with Gasteiger partial charge in [-0.2, -0.15) is 5.10 Å². The first-order valence-corrected chi connectivity index (χ1v) is 7.68. The average Bonchev–Trinajstić information content (AvgIpc) is 2.74. The van der Waals surface area contributed by atoms with E-state index in [0.29, 0.717) is 6.42 Å². The van der Waals surface area contributed by atoms with Crippen LogP contribution in [0.2, 0.25) is 0 Å². The van der Waals surface area contributed by atoms with Gasteiger partial charge in [0.2, 0.25) is 0 Å². The summed E-state index contributed by atoms with van der Waals surface area (Å²) in [5.41, 5.74) is 4.09. The molecule has 1 unspecified atom stereocenters. The summed E-state index contributed by atoms with van der Waals surface area (Å²) in [5, 5.41) is 15.0. The molecule has 0 saturated heterocycles. The third kappa shape index (κ3) is 2.94. The van der Waals surface area contributed by atoms with Crippen molar-refractivity contribution in [1.82, 2.24) is 14.8 Å². The fourth-order valence-corrected chi connectivity index (χ4v) is 3.17. The lowest BCUT2D eigenvalue weighted by Crippen LogP contribution is -2.09. The Morgan fingerprint density at radius 1 is 1.35 bits per heavy atom. The van der Waals surface area contributed by atoms with Crippen LogP contribution in [0, 0.1) is 0 Å². The second-order valence-electron chi connectivity index (χ2n) is 4.83. The minimum atomic E-state index is -0.538. The van der Waals surface area contributed by atoms with E-state index < -0.39 is 6.10 Å². The van der Waals surface area contributed by atoms with Gasteiger partial charge in [0.25, 0.3) is 0 Å². The first-order valence-electron chi connectivity index (χ1n) is 6.89. The van der Waals surface area contributed by atoms with E-state index in [1.807, 2.05) is 24.0 Å². The molecule has 4 nitrogen and oxygen atoms in total. The van der Waals surface area contributed by atoms with Crippen LogP contribution in [0.5, 0.6) is 0 Å². The summed E-state index contributed by atoms with van der Waals surface area (Å²) < 4.78 is 2.85. The van der Waals surface area contributed by atoms with Crippen molar-refractivity contribution in [2.45, 2.75) is 39.2 Å². The molecule has 0 aliphatic rings. The van der Waals surface area contributed by atoms with Crippen molar-refractivity contribution in [3.05, 3.63) is 45.4 Å². The number of rotatable bonds is 5. The average molecular weight is 338 g/mol. The topological polar surface area (TPSA) is 50.9 Å². The summed E-state index contributed by atoms with van der Waals surface area (Å²) in [6, 6.07) is 1.90. The molecular formula is C15H20BrN3O. The lowest BCUT2D eigenvalue weighted by atomic mass is 9.99. The molecule has 108 valence electrons. The lowest BCUT2D eigenvalue weighted by molar-refractivity contribution is 0.174. The molecule has 0 amide bonds. The van der Waals surface area contributed by atoms with Crippen LogP contribution < -0.4 is 0 Å². The SMILES string of the molecule is CCc1cnccc1C(O)Cc1c(Br)c(CC)nn1C. The van der Waals surface area contributed by atoms with Crippen LogP contribution in [-0.2, 0) is 26.3 Å². The van der Waals surface area contributed by atoms with Crippen LogP contribution in [0.3, 0.4) is 0 Å². The zero-order valence-electron chi connectivity index (χ0n) is 12.1. The number of aryl methyl sites for hydroxylation is 3. The third-order valence-electron chi connectivity index (χ3n) is 3.57. The summed E-state index contributed by atoms with van der Waals surface area (Å²) in [6.07, 6.45) is 5.31. The van der Waals surface area contributed by atoms with Gasteiger partial charge in [-0.05, 0) is 46.0 Å². The second kappa shape index (κ2) is 6.50. The van der Waals surface area contributed by atoms with Gasteiger partial charge < -0.3 is 5.11 Å². The van der Waals surface area contributed by atoms with Crippen LogP contribution in [0.4, 0.5) is 0 Å². The second-order valence-corrected chi connectivity index (χ2v) is 5.63. The molecule has 2 heterocycles. The predicted octanol–water partition coefficient (Wildman–Crippen LogP) is 2.98. The summed E-state index contributed by atoms with van der Waals surface area (Å²) in [7, 11) is 1.92. The number of pyridine rings is 1. The fraction of sp³-hybridized carbons (Fsp3) is 0.467. The Labute approximate surface area is 128 Å². The van der Waals surface area contributed by atoms with Gasteiger partial charge in [-0.15, -0.1) is 0 Å². The molecule has 2 aromatic heterocycles. The van der Waals surface area contributed by atoms with E-state index in [1.54, 1.807) is 6.20 Å². The highest BCUT2D eigenvalue weighted by atomic mass is 79.9. The fourth-order valence-electron chi connectivity index (χ4n) is 2.39. The molecule has 0 aliphatic heterocycles. The Balaban J connectivity index is 2.28. The number of nitrogens with zero attached hydrogens (tertiary/aromatic N) is 3. The first kappa shape index (κ1) is 15.2. The maximum absolute atomic E-state index is 10.5. The van der Waals surface area contributed by atoms with E-state index in [0.717, 1.165) is 39.8 Å². The van der Waals surface area contributed by atoms with Crippen molar-refractivity contribution in [1.29, 1.82) is 0 Å². The van der Waals surface area contributed by atoms with Gasteiger partial charge in [-0.3, -0.25) is 9.67 Å². The van der Waals surface area contributed by atoms with Gasteiger partial charge in [0, 0.05) is 25.9 Å². The Bertz CT molecular complexity index is 595. The number of aliphatic hydroxyl groups is 1. The van der Waals surface area contributed by atoms with Crippen molar-refractivity contribution in [2.75, 3.05) is 0 Å². The highest BCUT2D eigenvalue weighted by Gasteiger charge is 2.18. The van der Waals surface area contributed by atoms with E-state index >= 15 is 0 Å². The molecular weight excluding hydrogens is 318 g/mol. The predicted molar refractivity (Wildman–Crippen MR) is 82.6 cm³/mol. The highest BCUT2D eigenvalue weighted by molar-refractivity contribution is 9.10. The lowest BCUT2D eigenvalue weighted by Gasteiger charge is -2.15. The van der Waals surface area contributed by atoms with Gasteiger partial charge >= 0.3 is 0 Å². The Kier molecular flexibility index (Phi) is 4.94. The molecule has 0 spiro atoms. The Morgan fingerprint density at radius 3 is 2.70 bits per heavy atom. The zero-order chi connectivity index (χ0) is 14.7. The zero-order valence-corrected chi connectivity index (χ0v) is 13.7. The summed E-state index contributed by atoms with van der Waals surface area (Å²) >= 11 is 3.59. The maximum Gasteiger partial charge on any atom is 0.0849 e. The molecule has 1 N–H and O–H groups in total. The molecule has 20 heavy (non-hydrogen) atoms. The van der Waals surface area contributed by atoms with Crippen LogP contribution in [0.25, 0.3) is 0 Å². The molecule has 5 heteroatoms. The Morgan fingerprint density at radius 2 is 2.10 bits per heavy atom. The smallest absolute Gasteiger partial charge is 0.0849 e. The molecule has 1 atom stereocenters. The summed E-state index contributed by atoms with van der Waals surface area (Å²) in [4.78, 5) is 4.12. The largest absolute Gasteiger partial charge is 0.388 e. The number of aliphatic hydroxyl groups excluding tert-OH is 1. The van der Waals surface area contributed by atoms with Crippen molar-refractivity contribution >= 4 is 15.9 Å². The normalized spacial score (nSPS) is 12.7. The quantitative estimate of drug-likeness (QED) is 0.912. The van der Waals surface area contributed by atoms with Crippen LogP contribution in [0.1, 0.15) is 42.5 Å². The third-order valence-corrected chi connectivity index (χ3v) is 4.49. The maximum atomic E-state index is 10.5. The number of halogens is 1. The molecule has 0 radical (unpaired) electrons. The van der Waals surface area contributed by atoms with Crippen molar-refractivity contribution in [3.8, 4) is 0 Å². The molecule has 0 saturated carbocycles. The van der Waals surface area contributed by atoms with Crippen molar-refractivity contribution in [3.63, 3.8) is 0 Å².